The van der Waals surface area contributed by atoms with Crippen molar-refractivity contribution in [2.24, 2.45) is 0 Å². The lowest BCUT2D eigenvalue weighted by Crippen LogP contribution is -2.27. The predicted octanol–water partition coefficient (Wildman–Crippen LogP) is 2.49. The second-order valence-electron chi connectivity index (χ2n) is 6.14. The third-order valence-electron chi connectivity index (χ3n) is 3.70. The smallest absolute Gasteiger partial charge is 0.255 e. The maximum Gasteiger partial charge on any atom is 0.255 e. The van der Waals surface area contributed by atoms with Gasteiger partial charge in [0.1, 0.15) is 0 Å². The van der Waals surface area contributed by atoms with E-state index in [1.165, 1.54) is 0 Å². The molecule has 0 bridgehead atoms. The minimum absolute atomic E-state index is 0.204. The van der Waals surface area contributed by atoms with Crippen molar-refractivity contribution >= 4 is 17.5 Å². The molecule has 2 aromatic carbocycles. The van der Waals surface area contributed by atoms with Crippen LogP contribution in [0.15, 0.2) is 48.5 Å². The number of hydrogen-bond donors (Lipinski definition) is 2. The van der Waals surface area contributed by atoms with Gasteiger partial charge in [-0.1, -0.05) is 12.1 Å². The fourth-order valence-corrected chi connectivity index (χ4v) is 2.37. The molecule has 0 aromatic heterocycles. The van der Waals surface area contributed by atoms with E-state index in [-0.39, 0.29) is 11.8 Å². The lowest BCUT2D eigenvalue weighted by atomic mass is 10.1. The van der Waals surface area contributed by atoms with Crippen molar-refractivity contribution in [1.29, 1.82) is 5.26 Å². The third-order valence-corrected chi connectivity index (χ3v) is 3.70. The monoisotopic (exact) mass is 350 g/mol. The number of carbonyl (C=O) groups is 2. The van der Waals surface area contributed by atoms with Gasteiger partial charge in [0.15, 0.2) is 0 Å². The SMILES string of the molecule is CN(C)CCCNC(=O)c1cccc(C(=O)Nc2cccc(C#N)c2)c1. The molecule has 0 unspecified atom stereocenters. The van der Waals surface area contributed by atoms with Crippen LogP contribution in [0.3, 0.4) is 0 Å². The van der Waals surface area contributed by atoms with Crippen LogP contribution in [0.1, 0.15) is 32.7 Å². The van der Waals surface area contributed by atoms with Crippen LogP contribution in [0.4, 0.5) is 5.69 Å². The van der Waals surface area contributed by atoms with Crippen LogP contribution in [0.25, 0.3) is 0 Å². The highest BCUT2D eigenvalue weighted by atomic mass is 16.2. The molecule has 0 fully saturated rings. The Morgan fingerprint density at radius 1 is 1.04 bits per heavy atom. The molecule has 2 rings (SSSR count). The maximum atomic E-state index is 12.4. The molecule has 0 atom stereocenters. The summed E-state index contributed by atoms with van der Waals surface area (Å²) in [5.41, 5.74) is 1.82. The molecule has 0 aliphatic heterocycles. The van der Waals surface area contributed by atoms with Gasteiger partial charge in [0, 0.05) is 23.4 Å². The molecular formula is C20H22N4O2. The van der Waals surface area contributed by atoms with E-state index in [2.05, 4.69) is 15.5 Å². The van der Waals surface area contributed by atoms with Crippen molar-refractivity contribution in [1.82, 2.24) is 10.2 Å². The first-order chi connectivity index (χ1) is 12.5. The van der Waals surface area contributed by atoms with E-state index < -0.39 is 0 Å². The molecule has 0 saturated carbocycles. The average Bonchev–Trinajstić information content (AvgIpc) is 2.65. The zero-order valence-electron chi connectivity index (χ0n) is 15.0. The standard InChI is InChI=1S/C20H22N4O2/c1-24(2)11-5-10-22-19(25)16-7-4-8-17(13-16)20(26)23-18-9-3-6-15(12-18)14-21/h3-4,6-9,12-13H,5,10-11H2,1-2H3,(H,22,25)(H,23,26). The van der Waals surface area contributed by atoms with Crippen LogP contribution in [0, 0.1) is 11.3 Å². The van der Waals surface area contributed by atoms with Gasteiger partial charge in [-0.3, -0.25) is 9.59 Å². The third kappa shape index (κ3) is 5.72. The number of anilines is 1. The summed E-state index contributed by atoms with van der Waals surface area (Å²) in [6.07, 6.45) is 0.855. The number of rotatable bonds is 7. The van der Waals surface area contributed by atoms with Crippen LogP contribution in [-0.4, -0.2) is 43.9 Å². The van der Waals surface area contributed by atoms with Crippen LogP contribution >= 0.6 is 0 Å². The highest BCUT2D eigenvalue weighted by molar-refractivity contribution is 6.06. The van der Waals surface area contributed by atoms with Gasteiger partial charge in [0.25, 0.3) is 11.8 Å². The summed E-state index contributed by atoms with van der Waals surface area (Å²) < 4.78 is 0. The Bertz CT molecular complexity index is 825. The molecule has 2 aromatic rings. The molecule has 0 spiro atoms. The average molecular weight is 350 g/mol. The minimum Gasteiger partial charge on any atom is -0.352 e. The second-order valence-corrected chi connectivity index (χ2v) is 6.14. The van der Waals surface area contributed by atoms with Crippen molar-refractivity contribution in [2.45, 2.75) is 6.42 Å². The molecule has 0 radical (unpaired) electrons. The summed E-state index contributed by atoms with van der Waals surface area (Å²) in [6, 6.07) is 15.3. The molecule has 2 N–H and O–H groups in total. The van der Waals surface area contributed by atoms with Gasteiger partial charge in [0.05, 0.1) is 11.6 Å². The lowest BCUT2D eigenvalue weighted by molar-refractivity contribution is 0.0952. The van der Waals surface area contributed by atoms with E-state index in [0.717, 1.165) is 13.0 Å². The number of carbonyl (C=O) groups excluding carboxylic acids is 2. The molecule has 26 heavy (non-hydrogen) atoms. The van der Waals surface area contributed by atoms with Gasteiger partial charge in [-0.05, 0) is 63.5 Å². The largest absolute Gasteiger partial charge is 0.352 e. The fraction of sp³-hybridized carbons (Fsp3) is 0.250. The molecule has 6 nitrogen and oxygen atoms in total. The first kappa shape index (κ1) is 19.2. The molecule has 6 heteroatoms. The quantitative estimate of drug-likeness (QED) is 0.751. The number of nitrogens with zero attached hydrogens (tertiary/aromatic N) is 2. The summed E-state index contributed by atoms with van der Waals surface area (Å²) in [6.45, 7) is 1.47. The van der Waals surface area contributed by atoms with E-state index in [1.807, 2.05) is 20.2 Å². The van der Waals surface area contributed by atoms with Crippen molar-refractivity contribution in [3.63, 3.8) is 0 Å². The highest BCUT2D eigenvalue weighted by Gasteiger charge is 2.11. The Morgan fingerprint density at radius 3 is 2.42 bits per heavy atom. The van der Waals surface area contributed by atoms with Gasteiger partial charge in [-0.25, -0.2) is 0 Å². The van der Waals surface area contributed by atoms with Crippen molar-refractivity contribution in [3.05, 3.63) is 65.2 Å². The van der Waals surface area contributed by atoms with E-state index >= 15 is 0 Å². The first-order valence-corrected chi connectivity index (χ1v) is 8.34. The van der Waals surface area contributed by atoms with Crippen LogP contribution in [-0.2, 0) is 0 Å². The number of nitriles is 1. The molecule has 134 valence electrons. The Kier molecular flexibility index (Phi) is 6.89. The summed E-state index contributed by atoms with van der Waals surface area (Å²) in [5.74, 6) is -0.535. The van der Waals surface area contributed by atoms with E-state index in [1.54, 1.807) is 48.5 Å². The minimum atomic E-state index is -0.331. The van der Waals surface area contributed by atoms with E-state index in [9.17, 15) is 9.59 Å². The molecule has 0 heterocycles. The zero-order chi connectivity index (χ0) is 18.9. The van der Waals surface area contributed by atoms with Crippen molar-refractivity contribution in [3.8, 4) is 6.07 Å². The molecule has 0 aliphatic rings. The van der Waals surface area contributed by atoms with Gasteiger partial charge < -0.3 is 15.5 Å². The van der Waals surface area contributed by atoms with Crippen LogP contribution in [0.2, 0.25) is 0 Å². The lowest BCUT2D eigenvalue weighted by Gasteiger charge is -2.10. The summed E-state index contributed by atoms with van der Waals surface area (Å²) in [4.78, 5) is 26.7. The zero-order valence-corrected chi connectivity index (χ0v) is 15.0. The van der Waals surface area contributed by atoms with Gasteiger partial charge in [-0.2, -0.15) is 5.26 Å². The summed E-state index contributed by atoms with van der Waals surface area (Å²) in [5, 5.41) is 14.5. The second kappa shape index (κ2) is 9.35. The van der Waals surface area contributed by atoms with Gasteiger partial charge in [-0.15, -0.1) is 0 Å². The van der Waals surface area contributed by atoms with E-state index in [0.29, 0.717) is 28.9 Å². The van der Waals surface area contributed by atoms with Crippen LogP contribution in [0.5, 0.6) is 0 Å². The highest BCUT2D eigenvalue weighted by Crippen LogP contribution is 2.13. The molecule has 2 amide bonds. The van der Waals surface area contributed by atoms with Crippen molar-refractivity contribution in [2.75, 3.05) is 32.5 Å². The Hall–Kier alpha value is -3.17. The Labute approximate surface area is 153 Å². The fourth-order valence-electron chi connectivity index (χ4n) is 2.37. The van der Waals surface area contributed by atoms with E-state index in [4.69, 9.17) is 5.26 Å². The number of hydrogen-bond acceptors (Lipinski definition) is 4. The number of amides is 2. The molecule has 0 aliphatic carbocycles. The Morgan fingerprint density at radius 2 is 1.73 bits per heavy atom. The predicted molar refractivity (Wildman–Crippen MR) is 101 cm³/mol. The van der Waals surface area contributed by atoms with Crippen molar-refractivity contribution < 1.29 is 9.59 Å². The number of nitrogens with one attached hydrogen (secondary N) is 2. The normalized spacial score (nSPS) is 10.2. The number of benzene rings is 2. The first-order valence-electron chi connectivity index (χ1n) is 8.34. The molecule has 0 saturated heterocycles. The topological polar surface area (TPSA) is 85.2 Å². The summed E-state index contributed by atoms with van der Waals surface area (Å²) >= 11 is 0. The Balaban J connectivity index is 2.00. The molecular weight excluding hydrogens is 328 g/mol. The maximum absolute atomic E-state index is 12.4. The summed E-state index contributed by atoms with van der Waals surface area (Å²) in [7, 11) is 3.96. The van der Waals surface area contributed by atoms with Gasteiger partial charge in [0.2, 0.25) is 0 Å². The van der Waals surface area contributed by atoms with Gasteiger partial charge >= 0.3 is 0 Å². The van der Waals surface area contributed by atoms with Crippen LogP contribution < -0.4 is 10.6 Å².